The van der Waals surface area contributed by atoms with Crippen molar-refractivity contribution in [3.8, 4) is 0 Å². The SMILES string of the molecule is Nc1cnc(C(=O)NCCC(=O)Nc2ccncc2)c(Cl)c1. The molecular weight excluding hydrogens is 306 g/mol. The van der Waals surface area contributed by atoms with Gasteiger partial charge in [0.1, 0.15) is 5.69 Å². The largest absolute Gasteiger partial charge is 0.397 e. The number of nitrogen functional groups attached to an aromatic ring is 1. The summed E-state index contributed by atoms with van der Waals surface area (Å²) in [4.78, 5) is 31.3. The van der Waals surface area contributed by atoms with Gasteiger partial charge >= 0.3 is 0 Å². The quantitative estimate of drug-likeness (QED) is 0.773. The van der Waals surface area contributed by atoms with E-state index in [9.17, 15) is 9.59 Å². The molecule has 22 heavy (non-hydrogen) atoms. The number of carbonyl (C=O) groups is 2. The highest BCUT2D eigenvalue weighted by atomic mass is 35.5. The first-order chi connectivity index (χ1) is 10.6. The van der Waals surface area contributed by atoms with Crippen LogP contribution in [0.25, 0.3) is 0 Å². The maximum atomic E-state index is 11.9. The summed E-state index contributed by atoms with van der Waals surface area (Å²) in [6.07, 6.45) is 4.62. The van der Waals surface area contributed by atoms with Crippen LogP contribution >= 0.6 is 11.6 Å². The lowest BCUT2D eigenvalue weighted by Gasteiger charge is -2.07. The van der Waals surface area contributed by atoms with Gasteiger partial charge in [0.2, 0.25) is 5.91 Å². The van der Waals surface area contributed by atoms with Gasteiger partial charge in [-0.1, -0.05) is 11.6 Å². The molecule has 114 valence electrons. The van der Waals surface area contributed by atoms with Gasteiger partial charge in [-0.3, -0.25) is 14.6 Å². The summed E-state index contributed by atoms with van der Waals surface area (Å²) >= 11 is 5.88. The third kappa shape index (κ3) is 4.42. The molecule has 0 fully saturated rings. The zero-order valence-corrected chi connectivity index (χ0v) is 12.3. The van der Waals surface area contributed by atoms with Crippen LogP contribution in [0.2, 0.25) is 5.02 Å². The Morgan fingerprint density at radius 2 is 2.00 bits per heavy atom. The number of carbonyl (C=O) groups excluding carboxylic acids is 2. The molecule has 2 aromatic rings. The van der Waals surface area contributed by atoms with Crippen LogP contribution in [0, 0.1) is 0 Å². The zero-order chi connectivity index (χ0) is 15.9. The number of anilines is 2. The first-order valence-electron chi connectivity index (χ1n) is 6.45. The molecule has 8 heteroatoms. The van der Waals surface area contributed by atoms with Crippen molar-refractivity contribution in [2.24, 2.45) is 0 Å². The number of pyridine rings is 2. The molecule has 0 unspecified atom stereocenters. The van der Waals surface area contributed by atoms with E-state index in [-0.39, 0.29) is 29.6 Å². The van der Waals surface area contributed by atoms with Crippen LogP contribution < -0.4 is 16.4 Å². The lowest BCUT2D eigenvalue weighted by atomic mass is 10.3. The number of nitrogens with two attached hydrogens (primary N) is 1. The summed E-state index contributed by atoms with van der Waals surface area (Å²) in [5, 5.41) is 5.43. The standard InChI is InChI=1S/C14H14ClN5O2/c15-11-7-9(16)8-19-13(11)14(22)18-6-3-12(21)20-10-1-4-17-5-2-10/h1-2,4-5,7-8H,3,6,16H2,(H,18,22)(H,17,20,21). The molecule has 0 aliphatic heterocycles. The van der Waals surface area contributed by atoms with Crippen LogP contribution in [0.3, 0.4) is 0 Å². The number of hydrogen-bond donors (Lipinski definition) is 3. The van der Waals surface area contributed by atoms with E-state index < -0.39 is 5.91 Å². The molecule has 0 spiro atoms. The predicted molar refractivity (Wildman–Crippen MR) is 83.5 cm³/mol. The number of hydrogen-bond acceptors (Lipinski definition) is 5. The second kappa shape index (κ2) is 7.37. The molecule has 0 bridgehead atoms. The number of aromatic nitrogens is 2. The average Bonchev–Trinajstić information content (AvgIpc) is 2.48. The first kappa shape index (κ1) is 15.7. The summed E-state index contributed by atoms with van der Waals surface area (Å²) in [5.74, 6) is -0.676. The van der Waals surface area contributed by atoms with Crippen molar-refractivity contribution in [3.05, 3.63) is 47.5 Å². The molecule has 2 rings (SSSR count). The average molecular weight is 320 g/mol. The summed E-state index contributed by atoms with van der Waals surface area (Å²) in [6.45, 7) is 0.165. The Bertz CT molecular complexity index is 678. The number of rotatable bonds is 5. The van der Waals surface area contributed by atoms with Crippen molar-refractivity contribution in [1.82, 2.24) is 15.3 Å². The molecule has 0 atom stereocenters. The van der Waals surface area contributed by atoms with Gasteiger partial charge in [-0.25, -0.2) is 4.98 Å². The van der Waals surface area contributed by atoms with Gasteiger partial charge in [-0.15, -0.1) is 0 Å². The molecule has 0 aliphatic rings. The maximum Gasteiger partial charge on any atom is 0.271 e. The lowest BCUT2D eigenvalue weighted by Crippen LogP contribution is -2.28. The summed E-state index contributed by atoms with van der Waals surface area (Å²) < 4.78 is 0. The van der Waals surface area contributed by atoms with Crippen molar-refractivity contribution >= 4 is 34.8 Å². The highest BCUT2D eigenvalue weighted by molar-refractivity contribution is 6.33. The topological polar surface area (TPSA) is 110 Å². The van der Waals surface area contributed by atoms with E-state index in [2.05, 4.69) is 20.6 Å². The van der Waals surface area contributed by atoms with Gasteiger partial charge in [0.05, 0.1) is 16.9 Å². The predicted octanol–water partition coefficient (Wildman–Crippen LogP) is 1.47. The molecule has 0 saturated heterocycles. The Morgan fingerprint density at radius 3 is 2.68 bits per heavy atom. The Hall–Kier alpha value is -2.67. The fourth-order valence-corrected chi connectivity index (χ4v) is 1.91. The number of nitrogens with zero attached hydrogens (tertiary/aromatic N) is 2. The molecule has 2 heterocycles. The van der Waals surface area contributed by atoms with E-state index in [0.717, 1.165) is 0 Å². The van der Waals surface area contributed by atoms with Crippen LogP contribution in [-0.4, -0.2) is 28.3 Å². The van der Waals surface area contributed by atoms with Gasteiger partial charge in [-0.05, 0) is 18.2 Å². The fraction of sp³-hybridized carbons (Fsp3) is 0.143. The third-order valence-electron chi connectivity index (χ3n) is 2.68. The summed E-state index contributed by atoms with van der Waals surface area (Å²) in [6, 6.07) is 4.79. The van der Waals surface area contributed by atoms with Crippen molar-refractivity contribution in [2.45, 2.75) is 6.42 Å². The molecule has 2 aromatic heterocycles. The van der Waals surface area contributed by atoms with Gasteiger partial charge in [0, 0.05) is 31.0 Å². The van der Waals surface area contributed by atoms with Crippen LogP contribution in [0.5, 0.6) is 0 Å². The first-order valence-corrected chi connectivity index (χ1v) is 6.83. The van der Waals surface area contributed by atoms with E-state index >= 15 is 0 Å². The second-order valence-corrected chi connectivity index (χ2v) is 4.80. The Morgan fingerprint density at radius 1 is 1.27 bits per heavy atom. The van der Waals surface area contributed by atoms with E-state index in [1.807, 2.05) is 0 Å². The number of nitrogens with one attached hydrogen (secondary N) is 2. The van der Waals surface area contributed by atoms with Crippen LogP contribution in [0.15, 0.2) is 36.8 Å². The van der Waals surface area contributed by atoms with Crippen LogP contribution in [0.4, 0.5) is 11.4 Å². The van der Waals surface area contributed by atoms with E-state index in [1.165, 1.54) is 12.3 Å². The summed E-state index contributed by atoms with van der Waals surface area (Å²) in [5.41, 5.74) is 6.60. The smallest absolute Gasteiger partial charge is 0.271 e. The van der Waals surface area contributed by atoms with Crippen molar-refractivity contribution in [3.63, 3.8) is 0 Å². The highest BCUT2D eigenvalue weighted by Gasteiger charge is 2.12. The number of amides is 2. The third-order valence-corrected chi connectivity index (χ3v) is 2.97. The normalized spacial score (nSPS) is 10.0. The zero-order valence-electron chi connectivity index (χ0n) is 11.5. The minimum atomic E-state index is -0.457. The molecule has 0 saturated carbocycles. The molecule has 4 N–H and O–H groups in total. The Kier molecular flexibility index (Phi) is 5.26. The van der Waals surface area contributed by atoms with Gasteiger partial charge < -0.3 is 16.4 Å². The second-order valence-electron chi connectivity index (χ2n) is 4.39. The Labute approximate surface area is 131 Å². The van der Waals surface area contributed by atoms with E-state index in [0.29, 0.717) is 11.4 Å². The minimum Gasteiger partial charge on any atom is -0.397 e. The number of halogens is 1. The molecule has 7 nitrogen and oxygen atoms in total. The van der Waals surface area contributed by atoms with Crippen molar-refractivity contribution < 1.29 is 9.59 Å². The highest BCUT2D eigenvalue weighted by Crippen LogP contribution is 2.16. The van der Waals surface area contributed by atoms with E-state index in [4.69, 9.17) is 17.3 Å². The van der Waals surface area contributed by atoms with Crippen molar-refractivity contribution in [2.75, 3.05) is 17.6 Å². The molecule has 0 aromatic carbocycles. The van der Waals surface area contributed by atoms with Crippen LogP contribution in [0.1, 0.15) is 16.9 Å². The molecular formula is C14H14ClN5O2. The fourth-order valence-electron chi connectivity index (χ4n) is 1.65. The molecule has 0 radical (unpaired) electrons. The minimum absolute atomic E-state index is 0.0745. The lowest BCUT2D eigenvalue weighted by molar-refractivity contribution is -0.116. The molecule has 0 aliphatic carbocycles. The van der Waals surface area contributed by atoms with Gasteiger partial charge in [0.25, 0.3) is 5.91 Å². The van der Waals surface area contributed by atoms with Crippen LogP contribution in [-0.2, 0) is 4.79 Å². The molecule has 2 amide bonds. The van der Waals surface area contributed by atoms with Crippen molar-refractivity contribution in [1.29, 1.82) is 0 Å². The monoisotopic (exact) mass is 319 g/mol. The summed E-state index contributed by atoms with van der Waals surface area (Å²) in [7, 11) is 0. The Balaban J connectivity index is 1.80. The van der Waals surface area contributed by atoms with E-state index in [1.54, 1.807) is 24.5 Å². The van der Waals surface area contributed by atoms with Gasteiger partial charge in [0.15, 0.2) is 0 Å². The van der Waals surface area contributed by atoms with Gasteiger partial charge in [-0.2, -0.15) is 0 Å². The maximum absolute atomic E-state index is 11.9.